The van der Waals surface area contributed by atoms with Crippen molar-refractivity contribution >= 4 is 46.8 Å². The standard InChI is InChI=1S/C22H23ClN2O6S/c1-29-17-13-15(12-16(23)21(17)30-2)5-6-20(27)31-14-19(26)24-7-9-25(10-8-24)22(28)18-4-3-11-32-18/h3-6,11-13H,7-10,14H2,1-2H3/b6-5+. The van der Waals surface area contributed by atoms with Gasteiger partial charge < -0.3 is 24.0 Å². The molecule has 2 heterocycles. The molecule has 0 unspecified atom stereocenters. The smallest absolute Gasteiger partial charge is 0.331 e. The summed E-state index contributed by atoms with van der Waals surface area (Å²) < 4.78 is 15.5. The zero-order valence-corrected chi connectivity index (χ0v) is 19.3. The Kier molecular flexibility index (Phi) is 8.13. The number of methoxy groups -OCH3 is 2. The molecular formula is C22H23ClN2O6S. The summed E-state index contributed by atoms with van der Waals surface area (Å²) in [6.07, 6.45) is 2.72. The Morgan fingerprint density at radius 3 is 2.44 bits per heavy atom. The maximum absolute atomic E-state index is 12.4. The van der Waals surface area contributed by atoms with Crippen molar-refractivity contribution in [3.8, 4) is 11.5 Å². The van der Waals surface area contributed by atoms with Crippen molar-refractivity contribution in [2.75, 3.05) is 47.0 Å². The molecule has 0 N–H and O–H groups in total. The predicted octanol–water partition coefficient (Wildman–Crippen LogP) is 2.96. The van der Waals surface area contributed by atoms with Crippen molar-refractivity contribution in [3.05, 3.63) is 51.2 Å². The molecule has 2 amide bonds. The first-order valence-electron chi connectivity index (χ1n) is 9.80. The average molecular weight is 479 g/mol. The summed E-state index contributed by atoms with van der Waals surface area (Å²) in [7, 11) is 2.97. The number of nitrogens with zero attached hydrogens (tertiary/aromatic N) is 2. The van der Waals surface area contributed by atoms with Crippen LogP contribution in [-0.2, 0) is 14.3 Å². The van der Waals surface area contributed by atoms with Crippen molar-refractivity contribution in [1.29, 1.82) is 0 Å². The molecule has 1 aromatic heterocycles. The fourth-order valence-corrected chi connectivity index (χ4v) is 4.17. The lowest BCUT2D eigenvalue weighted by atomic mass is 10.2. The molecule has 0 aliphatic carbocycles. The minimum Gasteiger partial charge on any atom is -0.493 e. The zero-order chi connectivity index (χ0) is 23.1. The Bertz CT molecular complexity index is 1000. The Labute approximate surface area is 194 Å². The largest absolute Gasteiger partial charge is 0.493 e. The highest BCUT2D eigenvalue weighted by molar-refractivity contribution is 7.12. The van der Waals surface area contributed by atoms with Gasteiger partial charge in [-0.05, 0) is 35.2 Å². The van der Waals surface area contributed by atoms with Gasteiger partial charge in [-0.1, -0.05) is 17.7 Å². The van der Waals surface area contributed by atoms with Gasteiger partial charge in [-0.15, -0.1) is 11.3 Å². The summed E-state index contributed by atoms with van der Waals surface area (Å²) in [4.78, 5) is 40.7. The molecule has 32 heavy (non-hydrogen) atoms. The molecule has 1 aliphatic heterocycles. The third kappa shape index (κ3) is 5.80. The number of carbonyl (C=O) groups is 3. The second kappa shape index (κ2) is 11.0. The number of thiophene rings is 1. The fraction of sp³-hybridized carbons (Fsp3) is 0.318. The molecule has 1 fully saturated rings. The lowest BCUT2D eigenvalue weighted by Gasteiger charge is -2.34. The predicted molar refractivity (Wildman–Crippen MR) is 121 cm³/mol. The normalized spacial score (nSPS) is 13.8. The number of hydrogen-bond acceptors (Lipinski definition) is 7. The van der Waals surface area contributed by atoms with Crippen LogP contribution in [0, 0.1) is 0 Å². The van der Waals surface area contributed by atoms with Gasteiger partial charge in [-0.2, -0.15) is 0 Å². The van der Waals surface area contributed by atoms with Crippen LogP contribution in [-0.4, -0.2) is 74.6 Å². The molecule has 3 rings (SSSR count). The van der Waals surface area contributed by atoms with Gasteiger partial charge in [0, 0.05) is 32.3 Å². The van der Waals surface area contributed by atoms with E-state index >= 15 is 0 Å². The van der Waals surface area contributed by atoms with Gasteiger partial charge in [0.05, 0.1) is 24.1 Å². The summed E-state index contributed by atoms with van der Waals surface area (Å²) in [6, 6.07) is 6.90. The van der Waals surface area contributed by atoms with Crippen LogP contribution >= 0.6 is 22.9 Å². The summed E-state index contributed by atoms with van der Waals surface area (Å²) in [5.41, 5.74) is 0.613. The third-order valence-corrected chi connectivity index (χ3v) is 6.00. The summed E-state index contributed by atoms with van der Waals surface area (Å²) in [6.45, 7) is 1.31. The first kappa shape index (κ1) is 23.6. The maximum Gasteiger partial charge on any atom is 0.331 e. The van der Waals surface area contributed by atoms with Crippen molar-refractivity contribution < 1.29 is 28.6 Å². The minimum atomic E-state index is -0.657. The van der Waals surface area contributed by atoms with Crippen LogP contribution in [0.2, 0.25) is 5.02 Å². The highest BCUT2D eigenvalue weighted by atomic mass is 35.5. The SMILES string of the molecule is COc1cc(/C=C/C(=O)OCC(=O)N2CCN(C(=O)c3cccs3)CC2)cc(Cl)c1OC. The van der Waals surface area contributed by atoms with Crippen molar-refractivity contribution in [2.24, 2.45) is 0 Å². The van der Waals surface area contributed by atoms with Gasteiger partial charge in [0.15, 0.2) is 18.1 Å². The topological polar surface area (TPSA) is 85.4 Å². The van der Waals surface area contributed by atoms with Crippen LogP contribution in [0.15, 0.2) is 35.7 Å². The molecule has 0 atom stereocenters. The van der Waals surface area contributed by atoms with Crippen LogP contribution in [0.25, 0.3) is 6.08 Å². The highest BCUT2D eigenvalue weighted by Crippen LogP contribution is 2.36. The molecule has 1 saturated heterocycles. The van der Waals surface area contributed by atoms with Gasteiger partial charge in [0.25, 0.3) is 11.8 Å². The quantitative estimate of drug-likeness (QED) is 0.449. The van der Waals surface area contributed by atoms with E-state index in [2.05, 4.69) is 0 Å². The van der Waals surface area contributed by atoms with E-state index in [-0.39, 0.29) is 18.4 Å². The molecule has 10 heteroatoms. The summed E-state index contributed by atoms with van der Waals surface area (Å²) >= 11 is 7.54. The van der Waals surface area contributed by atoms with E-state index in [9.17, 15) is 14.4 Å². The van der Waals surface area contributed by atoms with E-state index < -0.39 is 5.97 Å². The van der Waals surface area contributed by atoms with E-state index in [1.807, 2.05) is 11.4 Å². The second-order valence-electron chi connectivity index (χ2n) is 6.83. The Hall–Kier alpha value is -3.04. The molecule has 1 aromatic carbocycles. The molecule has 0 spiro atoms. The van der Waals surface area contributed by atoms with Gasteiger partial charge in [0.1, 0.15) is 0 Å². The van der Waals surface area contributed by atoms with Gasteiger partial charge in [-0.3, -0.25) is 9.59 Å². The average Bonchev–Trinajstić information content (AvgIpc) is 3.35. The van der Waals surface area contributed by atoms with E-state index in [0.717, 1.165) is 0 Å². The van der Waals surface area contributed by atoms with Gasteiger partial charge >= 0.3 is 5.97 Å². The zero-order valence-electron chi connectivity index (χ0n) is 17.7. The molecule has 1 aliphatic rings. The van der Waals surface area contributed by atoms with Crippen LogP contribution in [0.4, 0.5) is 0 Å². The lowest BCUT2D eigenvalue weighted by Crippen LogP contribution is -2.51. The number of carbonyl (C=O) groups excluding carboxylic acids is 3. The van der Waals surface area contributed by atoms with Crippen LogP contribution < -0.4 is 9.47 Å². The third-order valence-electron chi connectivity index (χ3n) is 4.86. The van der Waals surface area contributed by atoms with Crippen LogP contribution in [0.3, 0.4) is 0 Å². The Morgan fingerprint density at radius 2 is 1.81 bits per heavy atom. The van der Waals surface area contributed by atoms with Crippen molar-refractivity contribution in [1.82, 2.24) is 9.80 Å². The highest BCUT2D eigenvalue weighted by Gasteiger charge is 2.25. The lowest BCUT2D eigenvalue weighted by molar-refractivity contribution is -0.148. The van der Waals surface area contributed by atoms with E-state index in [4.69, 9.17) is 25.8 Å². The first-order valence-corrected chi connectivity index (χ1v) is 11.1. The van der Waals surface area contributed by atoms with Gasteiger partial charge in [-0.25, -0.2) is 4.79 Å². The Balaban J connectivity index is 1.46. The number of ether oxygens (including phenoxy) is 3. The van der Waals surface area contributed by atoms with Crippen LogP contribution in [0.1, 0.15) is 15.2 Å². The number of hydrogen-bond donors (Lipinski definition) is 0. The molecule has 0 saturated carbocycles. The molecule has 8 nitrogen and oxygen atoms in total. The summed E-state index contributed by atoms with van der Waals surface area (Å²) in [5.74, 6) is -0.157. The minimum absolute atomic E-state index is 0.0288. The monoisotopic (exact) mass is 478 g/mol. The number of halogens is 1. The number of amides is 2. The number of esters is 1. The fourth-order valence-electron chi connectivity index (χ4n) is 3.19. The molecule has 0 bridgehead atoms. The van der Waals surface area contributed by atoms with E-state index in [1.54, 1.807) is 28.0 Å². The first-order chi connectivity index (χ1) is 15.4. The number of benzene rings is 1. The van der Waals surface area contributed by atoms with E-state index in [0.29, 0.717) is 53.1 Å². The molecular weight excluding hydrogens is 456 g/mol. The van der Waals surface area contributed by atoms with E-state index in [1.165, 1.54) is 37.7 Å². The molecule has 170 valence electrons. The number of rotatable bonds is 7. The van der Waals surface area contributed by atoms with Crippen molar-refractivity contribution in [3.63, 3.8) is 0 Å². The molecule has 0 radical (unpaired) electrons. The summed E-state index contributed by atoms with van der Waals surface area (Å²) in [5, 5.41) is 2.20. The number of piperazine rings is 1. The maximum atomic E-state index is 12.4. The Morgan fingerprint density at radius 1 is 1.09 bits per heavy atom. The van der Waals surface area contributed by atoms with Crippen molar-refractivity contribution in [2.45, 2.75) is 0 Å². The van der Waals surface area contributed by atoms with Crippen LogP contribution in [0.5, 0.6) is 11.5 Å². The molecule has 2 aromatic rings. The van der Waals surface area contributed by atoms with Gasteiger partial charge in [0.2, 0.25) is 0 Å². The second-order valence-corrected chi connectivity index (χ2v) is 8.18.